The summed E-state index contributed by atoms with van der Waals surface area (Å²) in [6.45, 7) is 3.63. The first-order valence-electron chi connectivity index (χ1n) is 3.95. The Hall–Kier alpha value is -0.900. The molecule has 2 N–H and O–H groups in total. The van der Waals surface area contributed by atoms with Gasteiger partial charge in [0.1, 0.15) is 6.10 Å². The molecule has 4 nitrogen and oxygen atoms in total. The third-order valence-electron chi connectivity index (χ3n) is 1.67. The van der Waals surface area contributed by atoms with E-state index in [9.17, 15) is 9.59 Å². The lowest BCUT2D eigenvalue weighted by atomic mass is 10.1. The van der Waals surface area contributed by atoms with Crippen LogP contribution in [0.2, 0.25) is 0 Å². The van der Waals surface area contributed by atoms with E-state index in [4.69, 9.17) is 5.11 Å². The van der Waals surface area contributed by atoms with Gasteiger partial charge in [-0.1, -0.05) is 13.8 Å². The third-order valence-corrected chi connectivity index (χ3v) is 1.67. The van der Waals surface area contributed by atoms with Gasteiger partial charge in [-0.25, -0.2) is 0 Å². The van der Waals surface area contributed by atoms with Crippen molar-refractivity contribution in [2.24, 2.45) is 5.92 Å². The van der Waals surface area contributed by atoms with E-state index in [2.05, 4.69) is 5.32 Å². The smallest absolute Gasteiger partial charge is 0.231 e. The van der Waals surface area contributed by atoms with E-state index in [1.165, 1.54) is 6.29 Å². The summed E-state index contributed by atoms with van der Waals surface area (Å²) in [6, 6.07) is 0. The molecule has 2 atom stereocenters. The molecule has 4 heteroatoms. The van der Waals surface area contributed by atoms with Crippen LogP contribution in [0.15, 0.2) is 0 Å². The zero-order chi connectivity index (χ0) is 9.56. The summed E-state index contributed by atoms with van der Waals surface area (Å²) in [7, 11) is 0. The summed E-state index contributed by atoms with van der Waals surface area (Å²) in [6.07, 6.45) is 0.901. The van der Waals surface area contributed by atoms with Crippen LogP contribution in [0.1, 0.15) is 20.3 Å². The highest BCUT2D eigenvalue weighted by Gasteiger charge is 2.11. The molecule has 1 radical (unpaired) electrons. The van der Waals surface area contributed by atoms with Crippen LogP contribution in [-0.4, -0.2) is 29.9 Å². The number of hydrogen-bond donors (Lipinski definition) is 2. The van der Waals surface area contributed by atoms with E-state index in [0.29, 0.717) is 0 Å². The predicted molar refractivity (Wildman–Crippen MR) is 44.2 cm³/mol. The van der Waals surface area contributed by atoms with Crippen LogP contribution in [0.4, 0.5) is 0 Å². The highest BCUT2D eigenvalue weighted by Crippen LogP contribution is 1.98. The Bertz CT molecular complexity index is 158. The van der Waals surface area contributed by atoms with Crippen LogP contribution >= 0.6 is 0 Å². The minimum absolute atomic E-state index is 0.0489. The van der Waals surface area contributed by atoms with Gasteiger partial charge in [0.05, 0.1) is 6.54 Å². The average molecular weight is 172 g/mol. The van der Waals surface area contributed by atoms with E-state index in [1.807, 2.05) is 6.92 Å². The Kier molecular flexibility index (Phi) is 5.28. The van der Waals surface area contributed by atoms with Crippen molar-refractivity contribution in [3.05, 3.63) is 0 Å². The summed E-state index contributed by atoms with van der Waals surface area (Å²) in [5, 5.41) is 11.2. The SMILES string of the molecule is CCC(C)C(=O)NCC(O)[C]=O. The molecule has 0 saturated heterocycles. The summed E-state index contributed by atoms with van der Waals surface area (Å²) in [5.41, 5.74) is 0. The molecule has 1 amide bonds. The van der Waals surface area contributed by atoms with Crippen molar-refractivity contribution >= 4 is 12.2 Å². The van der Waals surface area contributed by atoms with Gasteiger partial charge in [-0.3, -0.25) is 9.59 Å². The van der Waals surface area contributed by atoms with Crippen molar-refractivity contribution in [3.63, 3.8) is 0 Å². The standard InChI is InChI=1S/C8H14NO3/c1-3-6(2)8(12)9-4-7(11)5-10/h6-7,11H,3-4H2,1-2H3,(H,9,12). The van der Waals surface area contributed by atoms with Gasteiger partial charge in [0.2, 0.25) is 12.2 Å². The van der Waals surface area contributed by atoms with E-state index in [1.54, 1.807) is 6.92 Å². The lowest BCUT2D eigenvalue weighted by molar-refractivity contribution is -0.124. The normalized spacial score (nSPS) is 14.9. The van der Waals surface area contributed by atoms with Crippen LogP contribution in [0, 0.1) is 5.92 Å². The molecular weight excluding hydrogens is 158 g/mol. The van der Waals surface area contributed by atoms with Gasteiger partial charge >= 0.3 is 0 Å². The molecule has 0 aromatic heterocycles. The van der Waals surface area contributed by atoms with Gasteiger partial charge in [0.25, 0.3) is 0 Å². The van der Waals surface area contributed by atoms with Crippen LogP contribution in [0.3, 0.4) is 0 Å². The van der Waals surface area contributed by atoms with Crippen molar-refractivity contribution in [1.82, 2.24) is 5.32 Å². The predicted octanol–water partition coefficient (Wildman–Crippen LogP) is -0.381. The Morgan fingerprint density at radius 1 is 1.67 bits per heavy atom. The summed E-state index contributed by atoms with van der Waals surface area (Å²) < 4.78 is 0. The Balaban J connectivity index is 3.63. The highest BCUT2D eigenvalue weighted by atomic mass is 16.3. The van der Waals surface area contributed by atoms with Crippen molar-refractivity contribution in [2.75, 3.05) is 6.54 Å². The second-order valence-electron chi connectivity index (χ2n) is 2.69. The van der Waals surface area contributed by atoms with Gasteiger partial charge in [0, 0.05) is 5.92 Å². The van der Waals surface area contributed by atoms with Crippen LogP contribution < -0.4 is 5.32 Å². The zero-order valence-corrected chi connectivity index (χ0v) is 7.33. The van der Waals surface area contributed by atoms with Crippen LogP contribution in [0.5, 0.6) is 0 Å². The van der Waals surface area contributed by atoms with Gasteiger partial charge in [-0.05, 0) is 6.42 Å². The van der Waals surface area contributed by atoms with Gasteiger partial charge < -0.3 is 10.4 Å². The number of amides is 1. The fourth-order valence-corrected chi connectivity index (χ4v) is 0.599. The van der Waals surface area contributed by atoms with E-state index in [-0.39, 0.29) is 18.4 Å². The topological polar surface area (TPSA) is 66.4 Å². The number of carbonyl (C=O) groups is 1. The zero-order valence-electron chi connectivity index (χ0n) is 7.33. The van der Waals surface area contributed by atoms with Crippen LogP contribution in [0.25, 0.3) is 0 Å². The van der Waals surface area contributed by atoms with Gasteiger partial charge in [-0.15, -0.1) is 0 Å². The Morgan fingerprint density at radius 3 is 2.67 bits per heavy atom. The van der Waals surface area contributed by atoms with Crippen molar-refractivity contribution < 1.29 is 14.7 Å². The summed E-state index contributed by atoms with van der Waals surface area (Å²) in [5.74, 6) is -0.226. The maximum atomic E-state index is 11.0. The number of carbonyl (C=O) groups excluding carboxylic acids is 2. The average Bonchev–Trinajstić information content (AvgIpc) is 2.11. The third kappa shape index (κ3) is 4.08. The maximum Gasteiger partial charge on any atom is 0.231 e. The first kappa shape index (κ1) is 11.1. The van der Waals surface area contributed by atoms with E-state index in [0.717, 1.165) is 6.42 Å². The summed E-state index contributed by atoms with van der Waals surface area (Å²) >= 11 is 0. The highest BCUT2D eigenvalue weighted by molar-refractivity contribution is 5.78. The molecular formula is C8H14NO3. The fraction of sp³-hybridized carbons (Fsp3) is 0.750. The Morgan fingerprint density at radius 2 is 2.25 bits per heavy atom. The van der Waals surface area contributed by atoms with Crippen LogP contribution in [-0.2, 0) is 9.59 Å². The largest absolute Gasteiger partial charge is 0.383 e. The molecule has 0 heterocycles. The second kappa shape index (κ2) is 5.71. The molecule has 0 saturated carbocycles. The quantitative estimate of drug-likeness (QED) is 0.594. The molecule has 0 aromatic carbocycles. The molecule has 0 aliphatic heterocycles. The van der Waals surface area contributed by atoms with Crippen molar-refractivity contribution in [1.29, 1.82) is 0 Å². The monoisotopic (exact) mass is 172 g/mol. The molecule has 0 aliphatic carbocycles. The van der Waals surface area contributed by atoms with Gasteiger partial charge in [0.15, 0.2) is 0 Å². The molecule has 0 spiro atoms. The fourth-order valence-electron chi connectivity index (χ4n) is 0.599. The first-order valence-corrected chi connectivity index (χ1v) is 3.95. The molecule has 0 rings (SSSR count). The first-order chi connectivity index (χ1) is 5.61. The molecule has 0 aliphatic rings. The molecule has 0 bridgehead atoms. The molecule has 0 fully saturated rings. The second-order valence-corrected chi connectivity index (χ2v) is 2.69. The molecule has 0 aromatic rings. The lowest BCUT2D eigenvalue weighted by Crippen LogP contribution is -2.35. The minimum Gasteiger partial charge on any atom is -0.383 e. The number of hydrogen-bond acceptors (Lipinski definition) is 3. The van der Waals surface area contributed by atoms with E-state index < -0.39 is 6.10 Å². The lowest BCUT2D eigenvalue weighted by Gasteiger charge is -2.09. The molecule has 12 heavy (non-hydrogen) atoms. The number of aliphatic hydroxyl groups is 1. The number of rotatable bonds is 5. The van der Waals surface area contributed by atoms with Gasteiger partial charge in [-0.2, -0.15) is 0 Å². The maximum absolute atomic E-state index is 11.0. The number of nitrogens with one attached hydrogen (secondary N) is 1. The molecule has 2 unspecified atom stereocenters. The Labute approximate surface area is 72.0 Å². The van der Waals surface area contributed by atoms with Crippen molar-refractivity contribution in [2.45, 2.75) is 26.4 Å². The van der Waals surface area contributed by atoms with E-state index >= 15 is 0 Å². The molecule has 69 valence electrons. The summed E-state index contributed by atoms with van der Waals surface area (Å²) in [4.78, 5) is 20.9. The van der Waals surface area contributed by atoms with Crippen molar-refractivity contribution in [3.8, 4) is 0 Å². The number of aliphatic hydroxyl groups excluding tert-OH is 1. The minimum atomic E-state index is -1.21.